The number of hydrogen-bond donors (Lipinski definition) is 1. The van der Waals surface area contributed by atoms with Gasteiger partial charge in [0.2, 0.25) is 5.91 Å². The van der Waals surface area contributed by atoms with Crippen LogP contribution in [0.3, 0.4) is 0 Å². The number of hydrogen-bond acceptors (Lipinski definition) is 4. The summed E-state index contributed by atoms with van der Waals surface area (Å²) in [5.74, 6) is -0.183. The maximum absolute atomic E-state index is 12.2. The van der Waals surface area contributed by atoms with Crippen molar-refractivity contribution in [1.82, 2.24) is 10.2 Å². The lowest BCUT2D eigenvalue weighted by molar-refractivity contribution is -0.132. The van der Waals surface area contributed by atoms with Gasteiger partial charge in [0.1, 0.15) is 13.1 Å². The van der Waals surface area contributed by atoms with Crippen LogP contribution in [0.15, 0.2) is 24.3 Å². The van der Waals surface area contributed by atoms with Gasteiger partial charge in [-0.15, -0.1) is 0 Å². The summed E-state index contributed by atoms with van der Waals surface area (Å²) in [5, 5.41) is 20.6. The molecule has 0 aliphatic carbocycles. The molecule has 1 amide bonds. The summed E-state index contributed by atoms with van der Waals surface area (Å²) < 4.78 is 0. The summed E-state index contributed by atoms with van der Waals surface area (Å²) in [4.78, 5) is 13.5. The lowest BCUT2D eigenvalue weighted by atomic mass is 9.95. The number of nitrogens with one attached hydrogen (secondary N) is 1. The standard InChI is InChI=1S/C14H14N4O/c15-5-7-18(8-6-16)14(19)13-9-11-3-1-2-4-12(11)10-17-13/h1-4,13,17H,7-10H2/t13-/m1/s1. The smallest absolute Gasteiger partial charge is 0.241 e. The summed E-state index contributed by atoms with van der Waals surface area (Å²) in [5.41, 5.74) is 2.34. The fraction of sp³-hybridized carbons (Fsp3) is 0.357. The van der Waals surface area contributed by atoms with Gasteiger partial charge in [-0.2, -0.15) is 10.5 Å². The number of nitrogens with zero attached hydrogens (tertiary/aromatic N) is 3. The third-order valence-corrected chi connectivity index (χ3v) is 3.21. The van der Waals surface area contributed by atoms with Gasteiger partial charge in [0.15, 0.2) is 0 Å². The molecule has 0 saturated heterocycles. The third kappa shape index (κ3) is 2.90. The predicted molar refractivity (Wildman–Crippen MR) is 68.6 cm³/mol. The molecule has 2 rings (SSSR count). The van der Waals surface area contributed by atoms with E-state index in [1.54, 1.807) is 0 Å². The van der Waals surface area contributed by atoms with E-state index in [1.165, 1.54) is 10.5 Å². The highest BCUT2D eigenvalue weighted by molar-refractivity contribution is 5.83. The van der Waals surface area contributed by atoms with Gasteiger partial charge in [0, 0.05) is 6.54 Å². The lowest BCUT2D eigenvalue weighted by Crippen LogP contribution is -2.49. The van der Waals surface area contributed by atoms with Crippen LogP contribution in [0.2, 0.25) is 0 Å². The van der Waals surface area contributed by atoms with E-state index in [1.807, 2.05) is 36.4 Å². The molecular formula is C14H14N4O. The summed E-state index contributed by atoms with van der Waals surface area (Å²) in [6.45, 7) is 0.540. The maximum Gasteiger partial charge on any atom is 0.241 e. The van der Waals surface area contributed by atoms with Gasteiger partial charge in [-0.1, -0.05) is 24.3 Å². The minimum absolute atomic E-state index is 0.0494. The van der Waals surface area contributed by atoms with E-state index in [0.717, 1.165) is 5.56 Å². The molecule has 5 heteroatoms. The van der Waals surface area contributed by atoms with Crippen LogP contribution in [0.25, 0.3) is 0 Å². The number of carbonyl (C=O) groups is 1. The minimum atomic E-state index is -0.350. The molecule has 1 aliphatic rings. The Morgan fingerprint density at radius 2 is 1.89 bits per heavy atom. The molecular weight excluding hydrogens is 240 g/mol. The average molecular weight is 254 g/mol. The molecule has 5 nitrogen and oxygen atoms in total. The van der Waals surface area contributed by atoms with Crippen molar-refractivity contribution in [2.24, 2.45) is 0 Å². The molecule has 1 atom stereocenters. The second-order valence-electron chi connectivity index (χ2n) is 4.42. The van der Waals surface area contributed by atoms with Crippen molar-refractivity contribution >= 4 is 5.91 Å². The van der Waals surface area contributed by atoms with E-state index in [2.05, 4.69) is 5.32 Å². The monoisotopic (exact) mass is 254 g/mol. The van der Waals surface area contributed by atoms with Gasteiger partial charge in [0.25, 0.3) is 0 Å². The normalized spacial score (nSPS) is 16.8. The second kappa shape index (κ2) is 5.99. The number of fused-ring (bicyclic) bond motifs is 1. The molecule has 0 aromatic heterocycles. The number of rotatable bonds is 3. The molecule has 1 aromatic carbocycles. The predicted octanol–water partition coefficient (Wildman–Crippen LogP) is 0.577. The van der Waals surface area contributed by atoms with Crippen LogP contribution >= 0.6 is 0 Å². The second-order valence-corrected chi connectivity index (χ2v) is 4.42. The molecule has 1 aliphatic heterocycles. The first kappa shape index (κ1) is 13.1. The van der Waals surface area contributed by atoms with Crippen LogP contribution in [0.1, 0.15) is 11.1 Å². The Morgan fingerprint density at radius 3 is 2.53 bits per heavy atom. The first-order valence-electron chi connectivity index (χ1n) is 6.09. The summed E-state index contributed by atoms with van der Waals surface area (Å²) >= 11 is 0. The zero-order valence-electron chi connectivity index (χ0n) is 10.5. The molecule has 1 heterocycles. The van der Waals surface area contributed by atoms with E-state index in [9.17, 15) is 4.79 Å². The number of amides is 1. The molecule has 96 valence electrons. The van der Waals surface area contributed by atoms with E-state index >= 15 is 0 Å². The van der Waals surface area contributed by atoms with Crippen LogP contribution in [0.4, 0.5) is 0 Å². The van der Waals surface area contributed by atoms with Crippen LogP contribution in [-0.2, 0) is 17.8 Å². The fourth-order valence-corrected chi connectivity index (χ4v) is 2.23. The fourth-order valence-electron chi connectivity index (χ4n) is 2.23. The van der Waals surface area contributed by atoms with Crippen molar-refractivity contribution in [3.8, 4) is 12.1 Å². The molecule has 1 N–H and O–H groups in total. The minimum Gasteiger partial charge on any atom is -0.315 e. The quantitative estimate of drug-likeness (QED) is 0.800. The Morgan fingerprint density at radius 1 is 1.26 bits per heavy atom. The number of carbonyl (C=O) groups excluding carboxylic acids is 1. The highest BCUT2D eigenvalue weighted by Gasteiger charge is 2.27. The first-order valence-corrected chi connectivity index (χ1v) is 6.09. The van der Waals surface area contributed by atoms with Crippen LogP contribution in [0, 0.1) is 22.7 Å². The zero-order valence-corrected chi connectivity index (χ0v) is 10.5. The SMILES string of the molecule is N#CCN(CC#N)C(=O)[C@H]1Cc2ccccc2CN1. The third-order valence-electron chi connectivity index (χ3n) is 3.21. The van der Waals surface area contributed by atoms with Gasteiger partial charge in [-0.05, 0) is 17.5 Å². The van der Waals surface area contributed by atoms with E-state index < -0.39 is 0 Å². The average Bonchev–Trinajstić information content (AvgIpc) is 2.46. The lowest BCUT2D eigenvalue weighted by Gasteiger charge is -2.28. The maximum atomic E-state index is 12.2. The zero-order chi connectivity index (χ0) is 13.7. The van der Waals surface area contributed by atoms with E-state index in [-0.39, 0.29) is 25.0 Å². The Balaban J connectivity index is 2.10. The highest BCUT2D eigenvalue weighted by Crippen LogP contribution is 2.17. The largest absolute Gasteiger partial charge is 0.315 e. The van der Waals surface area contributed by atoms with Crippen molar-refractivity contribution in [2.45, 2.75) is 19.0 Å². The molecule has 1 aromatic rings. The molecule has 0 saturated carbocycles. The van der Waals surface area contributed by atoms with Gasteiger partial charge >= 0.3 is 0 Å². The van der Waals surface area contributed by atoms with Crippen molar-refractivity contribution in [1.29, 1.82) is 10.5 Å². The molecule has 0 unspecified atom stereocenters. The topological polar surface area (TPSA) is 79.9 Å². The van der Waals surface area contributed by atoms with E-state index in [4.69, 9.17) is 10.5 Å². The Labute approximate surface area is 112 Å². The van der Waals surface area contributed by atoms with Crippen molar-refractivity contribution in [3.05, 3.63) is 35.4 Å². The highest BCUT2D eigenvalue weighted by atomic mass is 16.2. The van der Waals surface area contributed by atoms with Crippen molar-refractivity contribution < 1.29 is 4.79 Å². The summed E-state index contributed by atoms with van der Waals surface area (Å²) in [6.07, 6.45) is 0.600. The summed E-state index contributed by atoms with van der Waals surface area (Å²) in [6, 6.07) is 11.5. The first-order chi connectivity index (χ1) is 9.26. The number of benzene rings is 1. The Hall–Kier alpha value is -2.37. The van der Waals surface area contributed by atoms with Gasteiger partial charge in [-0.25, -0.2) is 0 Å². The van der Waals surface area contributed by atoms with E-state index in [0.29, 0.717) is 13.0 Å². The molecule has 0 bridgehead atoms. The van der Waals surface area contributed by atoms with Crippen molar-refractivity contribution in [3.63, 3.8) is 0 Å². The molecule has 0 radical (unpaired) electrons. The van der Waals surface area contributed by atoms with Gasteiger partial charge in [-0.3, -0.25) is 4.79 Å². The molecule has 0 spiro atoms. The van der Waals surface area contributed by atoms with Crippen LogP contribution < -0.4 is 5.32 Å². The molecule has 19 heavy (non-hydrogen) atoms. The molecule has 0 fully saturated rings. The summed E-state index contributed by atoms with van der Waals surface area (Å²) in [7, 11) is 0. The Bertz CT molecular complexity index is 539. The van der Waals surface area contributed by atoms with Crippen molar-refractivity contribution in [2.75, 3.05) is 13.1 Å². The van der Waals surface area contributed by atoms with Crippen LogP contribution in [-0.4, -0.2) is 29.9 Å². The number of nitriles is 2. The van der Waals surface area contributed by atoms with Crippen LogP contribution in [0.5, 0.6) is 0 Å². The van der Waals surface area contributed by atoms with Gasteiger partial charge in [0.05, 0.1) is 18.2 Å². The van der Waals surface area contributed by atoms with Gasteiger partial charge < -0.3 is 10.2 Å². The Kier molecular flexibility index (Phi) is 4.12.